The molecule has 70 valence electrons. The Morgan fingerprint density at radius 1 is 1.46 bits per heavy atom. The fraction of sp³-hybridized carbons (Fsp3) is 0.200. The highest BCUT2D eigenvalue weighted by molar-refractivity contribution is 5.40. The Kier molecular flexibility index (Phi) is 2.93. The SMILES string of the molecule is C=CCC(N)c1cc(O)ccc1O. The van der Waals surface area contributed by atoms with Crippen LogP contribution in [-0.4, -0.2) is 10.2 Å². The highest BCUT2D eigenvalue weighted by Gasteiger charge is 2.09. The van der Waals surface area contributed by atoms with E-state index in [0.717, 1.165) is 0 Å². The van der Waals surface area contributed by atoms with Crippen molar-refractivity contribution in [2.45, 2.75) is 12.5 Å². The van der Waals surface area contributed by atoms with Gasteiger partial charge < -0.3 is 15.9 Å². The largest absolute Gasteiger partial charge is 0.508 e. The van der Waals surface area contributed by atoms with Crippen LogP contribution in [0.4, 0.5) is 0 Å². The molecule has 0 saturated carbocycles. The molecular formula is C10H13NO2. The van der Waals surface area contributed by atoms with Crippen LogP contribution in [0.1, 0.15) is 18.0 Å². The van der Waals surface area contributed by atoms with Gasteiger partial charge in [-0.2, -0.15) is 0 Å². The number of benzene rings is 1. The van der Waals surface area contributed by atoms with Crippen LogP contribution in [-0.2, 0) is 0 Å². The van der Waals surface area contributed by atoms with Crippen LogP contribution in [0.5, 0.6) is 11.5 Å². The molecule has 0 aliphatic rings. The minimum atomic E-state index is -0.315. The van der Waals surface area contributed by atoms with Crippen LogP contribution >= 0.6 is 0 Å². The maximum atomic E-state index is 9.41. The summed E-state index contributed by atoms with van der Waals surface area (Å²) < 4.78 is 0. The van der Waals surface area contributed by atoms with Crippen molar-refractivity contribution < 1.29 is 10.2 Å². The van der Waals surface area contributed by atoms with E-state index < -0.39 is 0 Å². The summed E-state index contributed by atoms with van der Waals surface area (Å²) in [6.07, 6.45) is 2.24. The van der Waals surface area contributed by atoms with E-state index >= 15 is 0 Å². The Morgan fingerprint density at radius 2 is 2.15 bits per heavy atom. The van der Waals surface area contributed by atoms with Crippen LogP contribution in [0, 0.1) is 0 Å². The number of hydrogen-bond acceptors (Lipinski definition) is 3. The molecule has 0 radical (unpaired) electrons. The molecule has 0 amide bonds. The molecule has 1 aromatic rings. The van der Waals surface area contributed by atoms with Crippen molar-refractivity contribution in [2.24, 2.45) is 5.73 Å². The van der Waals surface area contributed by atoms with Gasteiger partial charge in [0, 0.05) is 11.6 Å². The fourth-order valence-electron chi connectivity index (χ4n) is 1.15. The molecule has 0 bridgehead atoms. The maximum Gasteiger partial charge on any atom is 0.120 e. The van der Waals surface area contributed by atoms with Gasteiger partial charge in [-0.25, -0.2) is 0 Å². The molecule has 0 spiro atoms. The van der Waals surface area contributed by atoms with Gasteiger partial charge in [0.1, 0.15) is 11.5 Å². The van der Waals surface area contributed by atoms with Gasteiger partial charge in [0.05, 0.1) is 0 Å². The van der Waals surface area contributed by atoms with Gasteiger partial charge in [0.25, 0.3) is 0 Å². The smallest absolute Gasteiger partial charge is 0.120 e. The summed E-state index contributed by atoms with van der Waals surface area (Å²) in [6, 6.07) is 3.99. The average molecular weight is 179 g/mol. The van der Waals surface area contributed by atoms with Crippen molar-refractivity contribution in [2.75, 3.05) is 0 Å². The topological polar surface area (TPSA) is 66.5 Å². The zero-order valence-corrected chi connectivity index (χ0v) is 7.27. The predicted molar refractivity (Wildman–Crippen MR) is 51.5 cm³/mol. The molecule has 0 heterocycles. The van der Waals surface area contributed by atoms with Gasteiger partial charge in [0.2, 0.25) is 0 Å². The Hall–Kier alpha value is -1.48. The van der Waals surface area contributed by atoms with Crippen LogP contribution < -0.4 is 5.73 Å². The van der Waals surface area contributed by atoms with Gasteiger partial charge in [-0.3, -0.25) is 0 Å². The van der Waals surface area contributed by atoms with Gasteiger partial charge >= 0.3 is 0 Å². The predicted octanol–water partition coefficient (Wildman–Crippen LogP) is 1.67. The van der Waals surface area contributed by atoms with Crippen LogP contribution in [0.3, 0.4) is 0 Å². The minimum Gasteiger partial charge on any atom is -0.508 e. The molecule has 3 nitrogen and oxygen atoms in total. The zero-order valence-electron chi connectivity index (χ0n) is 7.27. The number of rotatable bonds is 3. The molecule has 1 aromatic carbocycles. The van der Waals surface area contributed by atoms with Gasteiger partial charge in [-0.1, -0.05) is 6.08 Å². The third-order valence-electron chi connectivity index (χ3n) is 1.83. The van der Waals surface area contributed by atoms with Gasteiger partial charge in [0.15, 0.2) is 0 Å². The second-order valence-electron chi connectivity index (χ2n) is 2.87. The Bertz CT molecular complexity index is 310. The lowest BCUT2D eigenvalue weighted by atomic mass is 10.0. The number of aromatic hydroxyl groups is 2. The van der Waals surface area contributed by atoms with E-state index in [1.54, 1.807) is 6.08 Å². The summed E-state index contributed by atoms with van der Waals surface area (Å²) in [5, 5.41) is 18.6. The van der Waals surface area contributed by atoms with E-state index in [2.05, 4.69) is 6.58 Å². The molecule has 0 aliphatic heterocycles. The van der Waals surface area contributed by atoms with Crippen molar-refractivity contribution >= 4 is 0 Å². The van der Waals surface area contributed by atoms with E-state index in [1.807, 2.05) is 0 Å². The van der Waals surface area contributed by atoms with Crippen molar-refractivity contribution in [3.8, 4) is 11.5 Å². The van der Waals surface area contributed by atoms with Crippen molar-refractivity contribution in [3.05, 3.63) is 36.4 Å². The monoisotopic (exact) mass is 179 g/mol. The van der Waals surface area contributed by atoms with Crippen LogP contribution in [0.2, 0.25) is 0 Å². The van der Waals surface area contributed by atoms with Crippen LogP contribution in [0.25, 0.3) is 0 Å². The fourth-order valence-corrected chi connectivity index (χ4v) is 1.15. The molecule has 13 heavy (non-hydrogen) atoms. The summed E-state index contributed by atoms with van der Waals surface area (Å²) >= 11 is 0. The molecule has 0 aromatic heterocycles. The molecule has 4 N–H and O–H groups in total. The lowest BCUT2D eigenvalue weighted by molar-refractivity contribution is 0.448. The first kappa shape index (κ1) is 9.61. The molecule has 1 unspecified atom stereocenters. The van der Waals surface area contributed by atoms with E-state index in [1.165, 1.54) is 18.2 Å². The zero-order chi connectivity index (χ0) is 9.84. The van der Waals surface area contributed by atoms with E-state index in [4.69, 9.17) is 10.8 Å². The number of phenols is 2. The lowest BCUT2D eigenvalue weighted by Gasteiger charge is -2.11. The first-order valence-corrected chi connectivity index (χ1v) is 4.03. The molecule has 0 saturated heterocycles. The standard InChI is InChI=1S/C10H13NO2/c1-2-3-9(11)8-6-7(12)4-5-10(8)13/h2,4-6,9,12-13H,1,3,11H2. The minimum absolute atomic E-state index is 0.104. The van der Waals surface area contributed by atoms with Gasteiger partial charge in [-0.05, 0) is 24.6 Å². The average Bonchev–Trinajstić information content (AvgIpc) is 2.09. The number of phenolic OH excluding ortho intramolecular Hbond substituents is 2. The van der Waals surface area contributed by atoms with Crippen molar-refractivity contribution in [1.29, 1.82) is 0 Å². The third kappa shape index (κ3) is 2.23. The normalized spacial score (nSPS) is 12.4. The molecule has 0 fully saturated rings. The van der Waals surface area contributed by atoms with E-state index in [9.17, 15) is 5.11 Å². The van der Waals surface area contributed by atoms with E-state index in [-0.39, 0.29) is 17.5 Å². The molecule has 3 heteroatoms. The number of nitrogens with two attached hydrogens (primary N) is 1. The summed E-state index contributed by atoms with van der Waals surface area (Å²) in [7, 11) is 0. The Morgan fingerprint density at radius 3 is 2.77 bits per heavy atom. The van der Waals surface area contributed by atoms with Crippen molar-refractivity contribution in [1.82, 2.24) is 0 Å². The van der Waals surface area contributed by atoms with Gasteiger partial charge in [-0.15, -0.1) is 6.58 Å². The summed E-state index contributed by atoms with van der Waals surface area (Å²) in [5.41, 5.74) is 6.27. The molecular weight excluding hydrogens is 166 g/mol. The first-order chi connectivity index (χ1) is 6.15. The van der Waals surface area contributed by atoms with Crippen molar-refractivity contribution in [3.63, 3.8) is 0 Å². The highest BCUT2D eigenvalue weighted by atomic mass is 16.3. The highest BCUT2D eigenvalue weighted by Crippen LogP contribution is 2.28. The quantitative estimate of drug-likeness (QED) is 0.488. The summed E-state index contributed by atoms with van der Waals surface area (Å²) in [6.45, 7) is 3.55. The summed E-state index contributed by atoms with van der Waals surface area (Å²) in [5.74, 6) is 0.208. The molecule has 0 aliphatic carbocycles. The van der Waals surface area contributed by atoms with Crippen LogP contribution in [0.15, 0.2) is 30.9 Å². The third-order valence-corrected chi connectivity index (χ3v) is 1.83. The van der Waals surface area contributed by atoms with E-state index in [0.29, 0.717) is 12.0 Å². The Labute approximate surface area is 77.1 Å². The Balaban J connectivity index is 2.97. The lowest BCUT2D eigenvalue weighted by Crippen LogP contribution is -2.08. The number of hydrogen-bond donors (Lipinski definition) is 3. The second kappa shape index (κ2) is 3.96. The molecule has 1 rings (SSSR count). The second-order valence-corrected chi connectivity index (χ2v) is 2.87. The summed E-state index contributed by atoms with van der Waals surface area (Å²) in [4.78, 5) is 0. The first-order valence-electron chi connectivity index (χ1n) is 4.03. The maximum absolute atomic E-state index is 9.41. The molecule has 1 atom stereocenters.